The van der Waals surface area contributed by atoms with E-state index in [-0.39, 0.29) is 6.42 Å². The average molecular weight is 364 g/mol. The summed E-state index contributed by atoms with van der Waals surface area (Å²) in [5.41, 5.74) is 7.58. The van der Waals surface area contributed by atoms with E-state index in [0.717, 1.165) is 35.3 Å². The lowest BCUT2D eigenvalue weighted by Crippen LogP contribution is -2.05. The molecule has 0 aromatic heterocycles. The molecule has 0 saturated carbocycles. The van der Waals surface area contributed by atoms with Gasteiger partial charge >= 0.3 is 5.97 Å². The molecule has 3 rings (SSSR count). The standard InChI is InChI=1S/C24H28O3/c1-17-14-23(18(2)13-20(17)11-12-24(25)26)27-16-22-10-6-9-21(22)15-19-7-4-3-5-8-19/h3-5,7-8,13-14H,6,9-12,15-16H2,1-2H3,(H,25,26). The number of hydrogen-bond donors (Lipinski definition) is 1. The first-order valence-electron chi connectivity index (χ1n) is 9.71. The van der Waals surface area contributed by atoms with E-state index in [2.05, 4.69) is 42.5 Å². The van der Waals surface area contributed by atoms with Gasteiger partial charge in [-0.15, -0.1) is 0 Å². The average Bonchev–Trinajstić information content (AvgIpc) is 3.08. The molecule has 2 aromatic rings. The van der Waals surface area contributed by atoms with Crippen molar-refractivity contribution in [3.63, 3.8) is 0 Å². The maximum Gasteiger partial charge on any atom is 0.303 e. The van der Waals surface area contributed by atoms with E-state index in [1.54, 1.807) is 0 Å². The van der Waals surface area contributed by atoms with Gasteiger partial charge in [-0.1, -0.05) is 42.0 Å². The van der Waals surface area contributed by atoms with Gasteiger partial charge in [-0.05, 0) is 79.8 Å². The number of aliphatic carboxylic acids is 1. The lowest BCUT2D eigenvalue weighted by atomic mass is 10.0. The predicted molar refractivity (Wildman–Crippen MR) is 108 cm³/mol. The maximum absolute atomic E-state index is 10.8. The molecular weight excluding hydrogens is 336 g/mol. The van der Waals surface area contributed by atoms with Gasteiger partial charge < -0.3 is 9.84 Å². The molecule has 0 spiro atoms. The molecule has 1 aliphatic carbocycles. The molecule has 27 heavy (non-hydrogen) atoms. The summed E-state index contributed by atoms with van der Waals surface area (Å²) in [6.07, 6.45) is 5.25. The Hall–Kier alpha value is -2.55. The van der Waals surface area contributed by atoms with Crippen LogP contribution in [-0.2, 0) is 17.6 Å². The van der Waals surface area contributed by atoms with Crippen molar-refractivity contribution in [2.24, 2.45) is 0 Å². The van der Waals surface area contributed by atoms with Crippen molar-refractivity contribution < 1.29 is 14.6 Å². The highest BCUT2D eigenvalue weighted by Gasteiger charge is 2.16. The van der Waals surface area contributed by atoms with Crippen LogP contribution in [0.15, 0.2) is 53.6 Å². The van der Waals surface area contributed by atoms with Crippen molar-refractivity contribution in [3.8, 4) is 5.75 Å². The van der Waals surface area contributed by atoms with E-state index >= 15 is 0 Å². The highest BCUT2D eigenvalue weighted by Crippen LogP contribution is 2.30. The van der Waals surface area contributed by atoms with E-state index in [1.807, 2.05) is 13.8 Å². The van der Waals surface area contributed by atoms with Crippen LogP contribution in [-0.4, -0.2) is 17.7 Å². The van der Waals surface area contributed by atoms with E-state index in [4.69, 9.17) is 9.84 Å². The Morgan fingerprint density at radius 1 is 1.04 bits per heavy atom. The second-order valence-corrected chi connectivity index (χ2v) is 7.45. The van der Waals surface area contributed by atoms with Gasteiger partial charge in [-0.25, -0.2) is 0 Å². The molecule has 0 heterocycles. The fraction of sp³-hybridized carbons (Fsp3) is 0.375. The Bertz CT molecular complexity index is 834. The number of aryl methyl sites for hydroxylation is 3. The van der Waals surface area contributed by atoms with Gasteiger partial charge in [0.15, 0.2) is 0 Å². The summed E-state index contributed by atoms with van der Waals surface area (Å²) in [4.78, 5) is 10.8. The van der Waals surface area contributed by atoms with Crippen LogP contribution in [0.2, 0.25) is 0 Å². The summed E-state index contributed by atoms with van der Waals surface area (Å²) >= 11 is 0. The van der Waals surface area contributed by atoms with Gasteiger partial charge in [0.05, 0.1) is 0 Å². The lowest BCUT2D eigenvalue weighted by molar-refractivity contribution is -0.136. The van der Waals surface area contributed by atoms with Crippen molar-refractivity contribution in [1.29, 1.82) is 0 Å². The number of carbonyl (C=O) groups is 1. The summed E-state index contributed by atoms with van der Waals surface area (Å²) in [5.74, 6) is 0.150. The topological polar surface area (TPSA) is 46.5 Å². The number of allylic oxidation sites excluding steroid dienone is 1. The highest BCUT2D eigenvalue weighted by molar-refractivity contribution is 5.67. The Labute approximate surface area is 161 Å². The zero-order valence-electron chi connectivity index (χ0n) is 16.3. The summed E-state index contributed by atoms with van der Waals surface area (Å²) in [6.45, 7) is 4.71. The van der Waals surface area contributed by atoms with Crippen LogP contribution >= 0.6 is 0 Å². The summed E-state index contributed by atoms with van der Waals surface area (Å²) in [6, 6.07) is 14.8. The first-order chi connectivity index (χ1) is 13.0. The molecule has 0 fully saturated rings. The fourth-order valence-electron chi connectivity index (χ4n) is 3.78. The molecule has 2 aromatic carbocycles. The highest BCUT2D eigenvalue weighted by atomic mass is 16.5. The fourth-order valence-corrected chi connectivity index (χ4v) is 3.78. The second-order valence-electron chi connectivity index (χ2n) is 7.45. The minimum Gasteiger partial charge on any atom is -0.489 e. The number of carboxylic acid groups (broad SMARTS) is 1. The summed E-state index contributed by atoms with van der Waals surface area (Å²) in [7, 11) is 0. The SMILES string of the molecule is Cc1cc(OCC2=C(Cc3ccccc3)CCC2)c(C)cc1CCC(=O)O. The van der Waals surface area contributed by atoms with E-state index < -0.39 is 5.97 Å². The third kappa shape index (κ3) is 5.22. The predicted octanol–water partition coefficient (Wildman–Crippen LogP) is 5.42. The van der Waals surface area contributed by atoms with E-state index in [0.29, 0.717) is 13.0 Å². The van der Waals surface area contributed by atoms with Crippen molar-refractivity contribution in [3.05, 3.63) is 75.9 Å². The van der Waals surface area contributed by atoms with Gasteiger partial charge in [0.25, 0.3) is 0 Å². The number of rotatable bonds is 8. The minimum atomic E-state index is -0.758. The van der Waals surface area contributed by atoms with Crippen LogP contribution in [0, 0.1) is 13.8 Å². The van der Waals surface area contributed by atoms with Crippen LogP contribution in [0.25, 0.3) is 0 Å². The Morgan fingerprint density at radius 2 is 1.78 bits per heavy atom. The zero-order chi connectivity index (χ0) is 19.2. The van der Waals surface area contributed by atoms with Gasteiger partial charge in [-0.2, -0.15) is 0 Å². The number of hydrogen-bond acceptors (Lipinski definition) is 2. The summed E-state index contributed by atoms with van der Waals surface area (Å²) < 4.78 is 6.18. The van der Waals surface area contributed by atoms with E-state index in [1.165, 1.54) is 29.6 Å². The Balaban J connectivity index is 1.67. The van der Waals surface area contributed by atoms with Crippen LogP contribution in [0.3, 0.4) is 0 Å². The zero-order valence-corrected chi connectivity index (χ0v) is 16.3. The third-order valence-corrected chi connectivity index (χ3v) is 5.36. The van der Waals surface area contributed by atoms with Gasteiger partial charge in [0.2, 0.25) is 0 Å². The van der Waals surface area contributed by atoms with Gasteiger partial charge in [-0.3, -0.25) is 4.79 Å². The van der Waals surface area contributed by atoms with Crippen LogP contribution in [0.5, 0.6) is 5.75 Å². The molecule has 0 bridgehead atoms. The molecule has 0 atom stereocenters. The first kappa shape index (κ1) is 19.2. The molecule has 0 aliphatic heterocycles. The number of ether oxygens (including phenoxy) is 1. The minimum absolute atomic E-state index is 0.163. The Morgan fingerprint density at radius 3 is 2.52 bits per heavy atom. The molecule has 1 N–H and O–H groups in total. The smallest absolute Gasteiger partial charge is 0.303 e. The van der Waals surface area contributed by atoms with Crippen LogP contribution in [0.1, 0.15) is 47.9 Å². The second kappa shape index (κ2) is 8.90. The molecular formula is C24H28O3. The van der Waals surface area contributed by atoms with Gasteiger partial charge in [0.1, 0.15) is 12.4 Å². The number of benzene rings is 2. The van der Waals surface area contributed by atoms with Crippen molar-refractivity contribution in [2.45, 2.75) is 52.4 Å². The van der Waals surface area contributed by atoms with E-state index in [9.17, 15) is 4.79 Å². The largest absolute Gasteiger partial charge is 0.489 e. The molecule has 1 aliphatic rings. The molecule has 0 unspecified atom stereocenters. The van der Waals surface area contributed by atoms with Crippen molar-refractivity contribution in [2.75, 3.05) is 6.61 Å². The molecule has 142 valence electrons. The lowest BCUT2D eigenvalue weighted by Gasteiger charge is -2.15. The molecule has 0 radical (unpaired) electrons. The molecule has 0 saturated heterocycles. The maximum atomic E-state index is 10.8. The molecule has 0 amide bonds. The monoisotopic (exact) mass is 364 g/mol. The molecule has 3 heteroatoms. The summed E-state index contributed by atoms with van der Waals surface area (Å²) in [5, 5.41) is 8.90. The quantitative estimate of drug-likeness (QED) is 0.636. The normalized spacial score (nSPS) is 13.9. The number of carboxylic acids is 1. The van der Waals surface area contributed by atoms with Crippen molar-refractivity contribution >= 4 is 5.97 Å². The molecule has 3 nitrogen and oxygen atoms in total. The Kier molecular flexibility index (Phi) is 6.33. The van der Waals surface area contributed by atoms with Crippen molar-refractivity contribution in [1.82, 2.24) is 0 Å². The van der Waals surface area contributed by atoms with Crippen LogP contribution < -0.4 is 4.74 Å². The first-order valence-corrected chi connectivity index (χ1v) is 9.71. The van der Waals surface area contributed by atoms with Gasteiger partial charge in [0, 0.05) is 6.42 Å². The van der Waals surface area contributed by atoms with Crippen LogP contribution in [0.4, 0.5) is 0 Å². The third-order valence-electron chi connectivity index (χ3n) is 5.36.